The molecule has 35 heavy (non-hydrogen) atoms. The van der Waals surface area contributed by atoms with E-state index < -0.39 is 39.7 Å². The highest BCUT2D eigenvalue weighted by Gasteiger charge is 2.42. The molecule has 13 heteroatoms. The third-order valence-corrected chi connectivity index (χ3v) is 9.33. The number of hydrogen-bond donors (Lipinski definition) is 2. The fourth-order valence-electron chi connectivity index (χ4n) is 4.55. The van der Waals surface area contributed by atoms with Crippen molar-refractivity contribution in [3.8, 4) is 10.7 Å². The lowest BCUT2D eigenvalue weighted by Gasteiger charge is -2.44. The molecule has 0 radical (unpaired) electrons. The molecule has 3 aromatic heterocycles. The monoisotopic (exact) mass is 528 g/mol. The van der Waals surface area contributed by atoms with E-state index in [1.54, 1.807) is 22.6 Å². The zero-order valence-electron chi connectivity index (χ0n) is 19.5. The molecule has 0 unspecified atom stereocenters. The second-order valence-corrected chi connectivity index (χ2v) is 12.4. The van der Waals surface area contributed by atoms with Crippen molar-refractivity contribution in [1.82, 2.24) is 24.6 Å². The van der Waals surface area contributed by atoms with Crippen LogP contribution in [0.3, 0.4) is 0 Å². The highest BCUT2D eigenvalue weighted by Crippen LogP contribution is 2.38. The van der Waals surface area contributed by atoms with Gasteiger partial charge in [0.05, 0.1) is 22.9 Å². The van der Waals surface area contributed by atoms with Gasteiger partial charge in [0.1, 0.15) is 11.6 Å². The molecule has 0 amide bonds. The second-order valence-electron chi connectivity index (χ2n) is 9.67. The molecular weight excluding hydrogens is 501 g/mol. The molecule has 3 atom stereocenters. The molecule has 5 rings (SSSR count). The van der Waals surface area contributed by atoms with Gasteiger partial charge in [0.25, 0.3) is 6.43 Å². The molecule has 0 bridgehead atoms. The quantitative estimate of drug-likeness (QED) is 0.486. The average Bonchev–Trinajstić information content (AvgIpc) is 3.18. The van der Waals surface area contributed by atoms with E-state index >= 15 is 0 Å². The van der Waals surface area contributed by atoms with Crippen LogP contribution in [0.4, 0.5) is 18.9 Å². The van der Waals surface area contributed by atoms with Crippen molar-refractivity contribution in [3.05, 3.63) is 29.4 Å². The second kappa shape index (κ2) is 8.71. The van der Waals surface area contributed by atoms with Gasteiger partial charge in [-0.3, -0.25) is 0 Å². The van der Waals surface area contributed by atoms with Crippen LogP contribution in [0.15, 0.2) is 29.3 Å². The molecule has 0 spiro atoms. The maximum absolute atomic E-state index is 13.8. The summed E-state index contributed by atoms with van der Waals surface area (Å²) in [4.78, 5) is 2.05. The highest BCUT2D eigenvalue weighted by molar-refractivity contribution is 7.89. The lowest BCUT2D eigenvalue weighted by molar-refractivity contribution is 0.150. The number of alkyl halides is 3. The number of pyridine rings is 1. The first-order chi connectivity index (χ1) is 16.5. The molecular formula is C22H27F3N6O2S2. The maximum Gasteiger partial charge on any atom is 0.291 e. The normalized spacial score (nSPS) is 24.4. The first-order valence-corrected chi connectivity index (χ1v) is 13.7. The summed E-state index contributed by atoms with van der Waals surface area (Å²) in [7, 11) is -3.88. The summed E-state index contributed by atoms with van der Waals surface area (Å²) in [6, 6.07) is 4.42. The van der Waals surface area contributed by atoms with Crippen LogP contribution in [0.2, 0.25) is 0 Å². The number of hydrogen-bond acceptors (Lipinski definition) is 7. The van der Waals surface area contributed by atoms with Crippen LogP contribution in [0.5, 0.6) is 0 Å². The summed E-state index contributed by atoms with van der Waals surface area (Å²) in [5.74, 6) is 0. The minimum atomic E-state index is -3.88. The van der Waals surface area contributed by atoms with Crippen molar-refractivity contribution in [3.63, 3.8) is 0 Å². The molecule has 1 saturated carbocycles. The topological polar surface area (TPSA) is 91.6 Å². The molecule has 3 aromatic rings. The predicted molar refractivity (Wildman–Crippen MR) is 128 cm³/mol. The van der Waals surface area contributed by atoms with Gasteiger partial charge in [-0.05, 0) is 51.8 Å². The highest BCUT2D eigenvalue weighted by atomic mass is 32.2. The minimum Gasteiger partial charge on any atom is -0.364 e. The van der Waals surface area contributed by atoms with E-state index in [2.05, 4.69) is 20.2 Å². The van der Waals surface area contributed by atoms with E-state index in [1.165, 1.54) is 6.20 Å². The molecule has 1 saturated heterocycles. The lowest BCUT2D eigenvalue weighted by atomic mass is 10.0. The smallest absolute Gasteiger partial charge is 0.291 e. The molecule has 2 N–H and O–H groups in total. The molecule has 8 nitrogen and oxygen atoms in total. The van der Waals surface area contributed by atoms with E-state index in [4.69, 9.17) is 0 Å². The number of nitrogens with zero attached hydrogens (tertiary/aromatic N) is 4. The van der Waals surface area contributed by atoms with E-state index in [9.17, 15) is 21.6 Å². The number of aromatic nitrogens is 3. The van der Waals surface area contributed by atoms with Gasteiger partial charge < -0.3 is 14.6 Å². The van der Waals surface area contributed by atoms with E-state index in [0.717, 1.165) is 24.2 Å². The number of nitrogens with one attached hydrogen (secondary N) is 2. The van der Waals surface area contributed by atoms with Crippen LogP contribution in [0.1, 0.15) is 45.0 Å². The van der Waals surface area contributed by atoms with Crippen molar-refractivity contribution in [2.45, 2.75) is 68.6 Å². The molecule has 190 valence electrons. The average molecular weight is 529 g/mol. The van der Waals surface area contributed by atoms with Crippen LogP contribution in [-0.4, -0.2) is 59.9 Å². The first-order valence-electron chi connectivity index (χ1n) is 11.4. The Morgan fingerprint density at radius 1 is 1.29 bits per heavy atom. The Labute approximate surface area is 205 Å². The molecule has 2 aliphatic rings. The number of fused-ring (bicyclic) bond motifs is 1. The van der Waals surface area contributed by atoms with Crippen molar-refractivity contribution < 1.29 is 21.6 Å². The van der Waals surface area contributed by atoms with Gasteiger partial charge in [-0.1, -0.05) is 11.3 Å². The van der Waals surface area contributed by atoms with Crippen molar-refractivity contribution in [1.29, 1.82) is 0 Å². The summed E-state index contributed by atoms with van der Waals surface area (Å²) >= 11 is 0.762. The zero-order valence-corrected chi connectivity index (χ0v) is 21.1. The number of sulfonamides is 1. The van der Waals surface area contributed by atoms with E-state index in [1.807, 2.05) is 25.7 Å². The number of rotatable bonds is 7. The Hall–Kier alpha value is -2.22. The number of halogens is 3. The number of anilines is 1. The zero-order chi connectivity index (χ0) is 25.1. The first kappa shape index (κ1) is 24.5. The third kappa shape index (κ3) is 4.54. The van der Waals surface area contributed by atoms with Gasteiger partial charge in [-0.25, -0.2) is 26.3 Å². The van der Waals surface area contributed by atoms with Gasteiger partial charge in [-0.2, -0.15) is 0 Å². The summed E-state index contributed by atoms with van der Waals surface area (Å²) < 4.78 is 71.2. The molecule has 1 aliphatic carbocycles. The predicted octanol–water partition coefficient (Wildman–Crippen LogP) is 3.75. The van der Waals surface area contributed by atoms with Crippen molar-refractivity contribution >= 4 is 32.6 Å². The Balaban J connectivity index is 1.68. The van der Waals surface area contributed by atoms with Gasteiger partial charge in [0.15, 0.2) is 10.0 Å². The van der Waals surface area contributed by atoms with Crippen LogP contribution in [0.25, 0.3) is 16.2 Å². The Morgan fingerprint density at radius 2 is 2.03 bits per heavy atom. The maximum atomic E-state index is 13.8. The number of piperazine rings is 1. The van der Waals surface area contributed by atoms with Crippen molar-refractivity contribution in [2.75, 3.05) is 18.1 Å². The Bertz CT molecular complexity index is 1350. The van der Waals surface area contributed by atoms with E-state index in [0.29, 0.717) is 23.4 Å². The third-order valence-electron chi connectivity index (χ3n) is 6.77. The van der Waals surface area contributed by atoms with Gasteiger partial charge >= 0.3 is 0 Å². The summed E-state index contributed by atoms with van der Waals surface area (Å²) in [6.45, 7) is 5.67. The fraction of sp³-hybridized carbons (Fsp3) is 0.545. The van der Waals surface area contributed by atoms with Crippen molar-refractivity contribution in [2.24, 2.45) is 0 Å². The Morgan fingerprint density at radius 3 is 2.66 bits per heavy atom. The molecule has 2 fully saturated rings. The molecule has 1 aliphatic heterocycles. The Kier molecular flexibility index (Phi) is 6.09. The SMILES string of the molecule is C[C@@H]1CN(c2cc(S(=O)(=O)NC3(C)CC3)cn3c(-c4nnc(C(F)F)s4)ccc23)[C@@H](C)[C@H](CF)N1. The minimum absolute atomic E-state index is 0.0260. The fourth-order valence-corrected chi connectivity index (χ4v) is 6.75. The van der Waals surface area contributed by atoms with Gasteiger partial charge in [0, 0.05) is 30.4 Å². The summed E-state index contributed by atoms with van der Waals surface area (Å²) in [5.41, 5.74) is 1.27. The summed E-state index contributed by atoms with van der Waals surface area (Å²) in [6.07, 6.45) is 0.237. The van der Waals surface area contributed by atoms with E-state index in [-0.39, 0.29) is 22.0 Å². The molecule has 0 aromatic carbocycles. The van der Waals surface area contributed by atoms with Gasteiger partial charge in [0.2, 0.25) is 10.0 Å². The van der Waals surface area contributed by atoms with Crippen LogP contribution in [-0.2, 0) is 10.0 Å². The van der Waals surface area contributed by atoms with Gasteiger partial charge in [-0.15, -0.1) is 10.2 Å². The lowest BCUT2D eigenvalue weighted by Crippen LogP contribution is -2.61. The van der Waals surface area contributed by atoms with Crippen LogP contribution in [0, 0.1) is 0 Å². The molecule has 4 heterocycles. The summed E-state index contributed by atoms with van der Waals surface area (Å²) in [5, 5.41) is 10.6. The van der Waals surface area contributed by atoms with Crippen LogP contribution >= 0.6 is 11.3 Å². The standard InChI is InChI=1S/C22H27F3N6O2S2/c1-12-10-30(13(2)15(9-23)26-12)18-8-14(35(32,33)29-22(3)6-7-22)11-31-16(18)4-5-17(31)20-27-28-21(34-20)19(24)25/h4-5,8,11-13,15,19,26,29H,6-7,9-10H2,1-3H3/t12-,13+,15+/m1/s1. The largest absolute Gasteiger partial charge is 0.364 e. The van der Waals surface area contributed by atoms with Crippen LogP contribution < -0.4 is 14.9 Å².